The van der Waals surface area contributed by atoms with E-state index in [0.717, 1.165) is 12.8 Å². The Hall–Kier alpha value is -2.14. The molecule has 102 valence electrons. The van der Waals surface area contributed by atoms with E-state index in [1.165, 1.54) is 0 Å². The van der Waals surface area contributed by atoms with Crippen molar-refractivity contribution in [1.29, 1.82) is 0 Å². The molecule has 0 spiro atoms. The minimum absolute atomic E-state index is 0.169. The molecular formula is C14H13ClN4O. The molecule has 2 N–H and O–H groups in total. The van der Waals surface area contributed by atoms with Crippen molar-refractivity contribution in [3.63, 3.8) is 0 Å². The van der Waals surface area contributed by atoms with E-state index in [2.05, 4.69) is 20.6 Å². The third-order valence-electron chi connectivity index (χ3n) is 2.92. The Bertz CT molecular complexity index is 643. The smallest absolute Gasteiger partial charge is 0.270 e. The number of hydrogen-bond donors (Lipinski definition) is 2. The first kappa shape index (κ1) is 12.9. The van der Waals surface area contributed by atoms with E-state index in [4.69, 9.17) is 11.6 Å². The van der Waals surface area contributed by atoms with Gasteiger partial charge in [0.1, 0.15) is 5.69 Å². The second-order valence-electron chi connectivity index (χ2n) is 4.62. The maximum Gasteiger partial charge on any atom is 0.270 e. The molecule has 0 atom stereocenters. The minimum atomic E-state index is -0.169. The standard InChI is InChI=1S/C14H13ClN4O/c15-10-3-1-2-4-11(10)18-14-16-8-7-12(19-14)13(20)17-9-5-6-9/h1-4,7-9H,5-6H2,(H,17,20)(H,16,18,19). The van der Waals surface area contributed by atoms with Crippen LogP contribution >= 0.6 is 11.6 Å². The summed E-state index contributed by atoms with van der Waals surface area (Å²) in [5.41, 5.74) is 1.05. The second-order valence-corrected chi connectivity index (χ2v) is 5.03. The summed E-state index contributed by atoms with van der Waals surface area (Å²) in [5, 5.41) is 6.46. The molecule has 0 bridgehead atoms. The summed E-state index contributed by atoms with van der Waals surface area (Å²) < 4.78 is 0. The largest absolute Gasteiger partial charge is 0.348 e. The van der Waals surface area contributed by atoms with Crippen molar-refractivity contribution >= 4 is 29.1 Å². The van der Waals surface area contributed by atoms with Gasteiger partial charge in [-0.3, -0.25) is 4.79 Å². The maximum atomic E-state index is 11.9. The fourth-order valence-electron chi connectivity index (χ4n) is 1.72. The Kier molecular flexibility index (Phi) is 3.52. The fraction of sp³-hybridized carbons (Fsp3) is 0.214. The van der Waals surface area contributed by atoms with Gasteiger partial charge in [-0.2, -0.15) is 0 Å². The number of para-hydroxylation sites is 1. The fourth-order valence-corrected chi connectivity index (χ4v) is 1.90. The van der Waals surface area contributed by atoms with Crippen molar-refractivity contribution in [2.24, 2.45) is 0 Å². The SMILES string of the molecule is O=C(NC1CC1)c1ccnc(Nc2ccccc2Cl)n1. The molecule has 1 aliphatic rings. The summed E-state index contributed by atoms with van der Waals surface area (Å²) in [5.74, 6) is 0.179. The summed E-state index contributed by atoms with van der Waals surface area (Å²) >= 11 is 6.06. The van der Waals surface area contributed by atoms with Crippen LogP contribution in [0.25, 0.3) is 0 Å². The summed E-state index contributed by atoms with van der Waals surface area (Å²) in [6.07, 6.45) is 3.64. The number of aromatic nitrogens is 2. The van der Waals surface area contributed by atoms with Crippen LogP contribution in [0.3, 0.4) is 0 Å². The number of carbonyl (C=O) groups excluding carboxylic acids is 1. The minimum Gasteiger partial charge on any atom is -0.348 e. The van der Waals surface area contributed by atoms with Crippen LogP contribution in [0.5, 0.6) is 0 Å². The van der Waals surface area contributed by atoms with Crippen molar-refractivity contribution in [3.05, 3.63) is 47.2 Å². The van der Waals surface area contributed by atoms with Gasteiger partial charge in [-0.15, -0.1) is 0 Å². The topological polar surface area (TPSA) is 66.9 Å². The van der Waals surface area contributed by atoms with E-state index >= 15 is 0 Å². The molecule has 20 heavy (non-hydrogen) atoms. The zero-order chi connectivity index (χ0) is 13.9. The van der Waals surface area contributed by atoms with Gasteiger partial charge in [-0.25, -0.2) is 9.97 Å². The third kappa shape index (κ3) is 3.05. The highest BCUT2D eigenvalue weighted by molar-refractivity contribution is 6.33. The number of halogens is 1. The van der Waals surface area contributed by atoms with Gasteiger partial charge in [0.25, 0.3) is 5.91 Å². The number of anilines is 2. The zero-order valence-electron chi connectivity index (χ0n) is 10.6. The molecule has 1 aromatic heterocycles. The van der Waals surface area contributed by atoms with E-state index in [0.29, 0.717) is 28.4 Å². The molecule has 1 amide bonds. The number of carbonyl (C=O) groups is 1. The summed E-state index contributed by atoms with van der Waals surface area (Å²) in [4.78, 5) is 20.2. The van der Waals surface area contributed by atoms with Crippen LogP contribution in [0.1, 0.15) is 23.3 Å². The average molecular weight is 289 g/mol. The number of nitrogens with one attached hydrogen (secondary N) is 2. The molecule has 5 nitrogen and oxygen atoms in total. The van der Waals surface area contributed by atoms with Crippen molar-refractivity contribution in [2.75, 3.05) is 5.32 Å². The van der Waals surface area contributed by atoms with Crippen LogP contribution in [0.2, 0.25) is 5.02 Å². The second kappa shape index (κ2) is 5.46. The van der Waals surface area contributed by atoms with Gasteiger partial charge in [0, 0.05) is 12.2 Å². The van der Waals surface area contributed by atoms with Crippen LogP contribution in [0.15, 0.2) is 36.5 Å². The zero-order valence-corrected chi connectivity index (χ0v) is 11.4. The van der Waals surface area contributed by atoms with Gasteiger partial charge < -0.3 is 10.6 Å². The molecule has 1 aliphatic carbocycles. The Labute approximate surface area is 121 Å². The lowest BCUT2D eigenvalue weighted by Gasteiger charge is -2.08. The molecule has 0 unspecified atom stereocenters. The molecule has 1 saturated carbocycles. The lowest BCUT2D eigenvalue weighted by atomic mass is 10.3. The van der Waals surface area contributed by atoms with Crippen molar-refractivity contribution in [2.45, 2.75) is 18.9 Å². The van der Waals surface area contributed by atoms with Crippen LogP contribution in [0, 0.1) is 0 Å². The van der Waals surface area contributed by atoms with Crippen molar-refractivity contribution in [1.82, 2.24) is 15.3 Å². The van der Waals surface area contributed by atoms with Gasteiger partial charge in [0.05, 0.1) is 10.7 Å². The number of nitrogens with zero attached hydrogens (tertiary/aromatic N) is 2. The molecule has 1 aromatic carbocycles. The van der Waals surface area contributed by atoms with Crippen molar-refractivity contribution < 1.29 is 4.79 Å². The van der Waals surface area contributed by atoms with E-state index in [1.54, 1.807) is 18.3 Å². The highest BCUT2D eigenvalue weighted by Gasteiger charge is 2.24. The molecule has 0 saturated heterocycles. The molecule has 0 aliphatic heterocycles. The van der Waals surface area contributed by atoms with E-state index in [-0.39, 0.29) is 5.91 Å². The molecule has 3 rings (SSSR count). The van der Waals surface area contributed by atoms with Crippen LogP contribution in [-0.4, -0.2) is 21.9 Å². The average Bonchev–Trinajstić information content (AvgIpc) is 3.26. The Morgan fingerprint density at radius 1 is 1.25 bits per heavy atom. The van der Waals surface area contributed by atoms with E-state index < -0.39 is 0 Å². The van der Waals surface area contributed by atoms with E-state index in [1.807, 2.05) is 18.2 Å². The van der Waals surface area contributed by atoms with Gasteiger partial charge in [-0.05, 0) is 31.0 Å². The number of rotatable bonds is 4. The molecule has 1 fully saturated rings. The van der Waals surface area contributed by atoms with Gasteiger partial charge in [0.15, 0.2) is 0 Å². The van der Waals surface area contributed by atoms with Crippen LogP contribution < -0.4 is 10.6 Å². The first-order chi connectivity index (χ1) is 9.72. The molecule has 2 aromatic rings. The molecule has 1 heterocycles. The highest BCUT2D eigenvalue weighted by Crippen LogP contribution is 2.23. The lowest BCUT2D eigenvalue weighted by Crippen LogP contribution is -2.26. The Morgan fingerprint density at radius 2 is 2.05 bits per heavy atom. The lowest BCUT2D eigenvalue weighted by molar-refractivity contribution is 0.0946. The first-order valence-corrected chi connectivity index (χ1v) is 6.75. The number of benzene rings is 1. The molecule has 6 heteroatoms. The molecule has 0 radical (unpaired) electrons. The van der Waals surface area contributed by atoms with Gasteiger partial charge >= 0.3 is 0 Å². The molecular weight excluding hydrogens is 276 g/mol. The van der Waals surface area contributed by atoms with Crippen LogP contribution in [-0.2, 0) is 0 Å². The van der Waals surface area contributed by atoms with Gasteiger partial charge in [-0.1, -0.05) is 23.7 Å². The number of amides is 1. The maximum absolute atomic E-state index is 11.9. The Balaban J connectivity index is 1.77. The predicted molar refractivity (Wildman–Crippen MR) is 77.3 cm³/mol. The number of hydrogen-bond acceptors (Lipinski definition) is 4. The quantitative estimate of drug-likeness (QED) is 0.908. The Morgan fingerprint density at radius 3 is 2.80 bits per heavy atom. The van der Waals surface area contributed by atoms with Crippen LogP contribution in [0.4, 0.5) is 11.6 Å². The first-order valence-electron chi connectivity index (χ1n) is 6.38. The predicted octanol–water partition coefficient (Wildman–Crippen LogP) is 2.77. The van der Waals surface area contributed by atoms with E-state index in [9.17, 15) is 4.79 Å². The van der Waals surface area contributed by atoms with Gasteiger partial charge in [0.2, 0.25) is 5.95 Å². The van der Waals surface area contributed by atoms with Crippen molar-refractivity contribution in [3.8, 4) is 0 Å². The normalized spacial score (nSPS) is 13.8. The summed E-state index contributed by atoms with van der Waals surface area (Å²) in [7, 11) is 0. The summed E-state index contributed by atoms with van der Waals surface area (Å²) in [6, 6.07) is 9.19. The highest BCUT2D eigenvalue weighted by atomic mass is 35.5. The monoisotopic (exact) mass is 288 g/mol. The third-order valence-corrected chi connectivity index (χ3v) is 3.25. The summed E-state index contributed by atoms with van der Waals surface area (Å²) in [6.45, 7) is 0.